The number of benzene rings is 1. The fourth-order valence-corrected chi connectivity index (χ4v) is 3.07. The molecule has 17 heavy (non-hydrogen) atoms. The largest absolute Gasteiger partial charge is 0.392 e. The van der Waals surface area contributed by atoms with Gasteiger partial charge in [0.05, 0.1) is 6.61 Å². The molecule has 1 atom stereocenters. The molecule has 0 amide bonds. The Morgan fingerprint density at radius 1 is 1.47 bits per heavy atom. The summed E-state index contributed by atoms with van der Waals surface area (Å²) in [6, 6.07) is 6.74. The summed E-state index contributed by atoms with van der Waals surface area (Å²) in [7, 11) is 0. The Hall–Kier alpha value is -0.540. The zero-order valence-corrected chi connectivity index (χ0v) is 12.1. The van der Waals surface area contributed by atoms with Crippen LogP contribution in [-0.2, 0) is 6.61 Å². The second kappa shape index (κ2) is 5.40. The molecule has 2 rings (SSSR count). The SMILES string of the molecule is CC(C)C1CCCN1c1cc(Br)ccc1CO. The predicted octanol–water partition coefficient (Wildman–Crippen LogP) is 3.57. The van der Waals surface area contributed by atoms with Crippen LogP contribution in [0.5, 0.6) is 0 Å². The van der Waals surface area contributed by atoms with E-state index in [0.29, 0.717) is 12.0 Å². The molecule has 0 bridgehead atoms. The lowest BCUT2D eigenvalue weighted by Gasteiger charge is -2.31. The van der Waals surface area contributed by atoms with Gasteiger partial charge in [0.15, 0.2) is 0 Å². The number of aliphatic hydroxyl groups excluding tert-OH is 1. The molecular formula is C14H20BrNO. The normalized spacial score (nSPS) is 20.3. The van der Waals surface area contributed by atoms with Crippen LogP contribution in [0, 0.1) is 5.92 Å². The van der Waals surface area contributed by atoms with Crippen molar-refractivity contribution in [2.45, 2.75) is 39.3 Å². The molecule has 1 saturated heterocycles. The summed E-state index contributed by atoms with van der Waals surface area (Å²) in [6.07, 6.45) is 2.51. The fourth-order valence-electron chi connectivity index (χ4n) is 2.72. The van der Waals surface area contributed by atoms with E-state index in [-0.39, 0.29) is 6.61 Å². The smallest absolute Gasteiger partial charge is 0.0702 e. The van der Waals surface area contributed by atoms with Gasteiger partial charge in [-0.1, -0.05) is 35.8 Å². The number of halogens is 1. The highest BCUT2D eigenvalue weighted by Gasteiger charge is 2.28. The third kappa shape index (κ3) is 2.66. The number of nitrogens with zero attached hydrogens (tertiary/aromatic N) is 1. The zero-order chi connectivity index (χ0) is 12.4. The molecule has 0 aliphatic carbocycles. The Morgan fingerprint density at radius 2 is 2.24 bits per heavy atom. The van der Waals surface area contributed by atoms with E-state index >= 15 is 0 Å². The number of aliphatic hydroxyl groups is 1. The minimum atomic E-state index is 0.115. The van der Waals surface area contributed by atoms with Crippen LogP contribution >= 0.6 is 15.9 Å². The molecule has 1 heterocycles. The van der Waals surface area contributed by atoms with Gasteiger partial charge in [-0.25, -0.2) is 0 Å². The second-order valence-corrected chi connectivity index (χ2v) is 5.99. The monoisotopic (exact) mass is 297 g/mol. The Balaban J connectivity index is 2.35. The average molecular weight is 298 g/mol. The van der Waals surface area contributed by atoms with Gasteiger partial charge in [0.2, 0.25) is 0 Å². The van der Waals surface area contributed by atoms with Gasteiger partial charge in [-0.05, 0) is 30.9 Å². The van der Waals surface area contributed by atoms with Crippen molar-refractivity contribution in [3.63, 3.8) is 0 Å². The lowest BCUT2D eigenvalue weighted by molar-refractivity contribution is 0.281. The van der Waals surface area contributed by atoms with E-state index in [2.05, 4.69) is 40.7 Å². The van der Waals surface area contributed by atoms with E-state index in [9.17, 15) is 5.11 Å². The molecule has 3 heteroatoms. The molecule has 0 spiro atoms. The van der Waals surface area contributed by atoms with Crippen molar-refractivity contribution in [1.82, 2.24) is 0 Å². The minimum absolute atomic E-state index is 0.115. The van der Waals surface area contributed by atoms with Gasteiger partial charge < -0.3 is 10.0 Å². The van der Waals surface area contributed by atoms with E-state index in [1.54, 1.807) is 0 Å². The summed E-state index contributed by atoms with van der Waals surface area (Å²) in [5.41, 5.74) is 2.22. The maximum Gasteiger partial charge on any atom is 0.0702 e. The summed E-state index contributed by atoms with van der Waals surface area (Å²) in [5.74, 6) is 0.656. The van der Waals surface area contributed by atoms with E-state index < -0.39 is 0 Å². The van der Waals surface area contributed by atoms with E-state index in [0.717, 1.165) is 16.6 Å². The molecule has 0 saturated carbocycles. The van der Waals surface area contributed by atoms with Gasteiger partial charge in [-0.2, -0.15) is 0 Å². The van der Waals surface area contributed by atoms with Gasteiger partial charge >= 0.3 is 0 Å². The maximum atomic E-state index is 9.45. The third-order valence-corrected chi connectivity index (χ3v) is 4.09. The van der Waals surface area contributed by atoms with Crippen molar-refractivity contribution in [2.75, 3.05) is 11.4 Å². The van der Waals surface area contributed by atoms with Crippen LogP contribution in [0.3, 0.4) is 0 Å². The fraction of sp³-hybridized carbons (Fsp3) is 0.571. The highest BCUT2D eigenvalue weighted by atomic mass is 79.9. The maximum absolute atomic E-state index is 9.45. The molecular weight excluding hydrogens is 278 g/mol. The number of hydrogen-bond acceptors (Lipinski definition) is 2. The molecule has 0 radical (unpaired) electrons. The topological polar surface area (TPSA) is 23.5 Å². The van der Waals surface area contributed by atoms with Gasteiger partial charge in [-0.15, -0.1) is 0 Å². The predicted molar refractivity (Wildman–Crippen MR) is 75.3 cm³/mol. The van der Waals surface area contributed by atoms with Crippen molar-refractivity contribution in [2.24, 2.45) is 5.92 Å². The van der Waals surface area contributed by atoms with Crippen molar-refractivity contribution < 1.29 is 5.11 Å². The number of hydrogen-bond donors (Lipinski definition) is 1. The van der Waals surface area contributed by atoms with Gasteiger partial charge in [0.25, 0.3) is 0 Å². The highest BCUT2D eigenvalue weighted by molar-refractivity contribution is 9.10. The van der Waals surface area contributed by atoms with Crippen molar-refractivity contribution in [1.29, 1.82) is 0 Å². The Bertz CT molecular complexity index is 392. The molecule has 0 aromatic heterocycles. The lowest BCUT2D eigenvalue weighted by Crippen LogP contribution is -2.34. The molecule has 1 N–H and O–H groups in total. The van der Waals surface area contributed by atoms with E-state index in [4.69, 9.17) is 0 Å². The van der Waals surface area contributed by atoms with Crippen LogP contribution < -0.4 is 4.90 Å². The van der Waals surface area contributed by atoms with Crippen molar-refractivity contribution in [3.05, 3.63) is 28.2 Å². The van der Waals surface area contributed by atoms with Crippen LogP contribution in [0.25, 0.3) is 0 Å². The molecule has 1 fully saturated rings. The summed E-state index contributed by atoms with van der Waals surface area (Å²) < 4.78 is 1.08. The molecule has 1 unspecified atom stereocenters. The quantitative estimate of drug-likeness (QED) is 0.922. The minimum Gasteiger partial charge on any atom is -0.392 e. The molecule has 1 aliphatic heterocycles. The van der Waals surface area contributed by atoms with Crippen LogP contribution in [-0.4, -0.2) is 17.7 Å². The first kappa shape index (κ1) is 12.9. The molecule has 1 aliphatic rings. The summed E-state index contributed by atoms with van der Waals surface area (Å²) in [6.45, 7) is 5.77. The van der Waals surface area contributed by atoms with Crippen LogP contribution in [0.4, 0.5) is 5.69 Å². The van der Waals surface area contributed by atoms with Crippen molar-refractivity contribution in [3.8, 4) is 0 Å². The molecule has 1 aromatic rings. The van der Waals surface area contributed by atoms with Crippen LogP contribution in [0.2, 0.25) is 0 Å². The van der Waals surface area contributed by atoms with Crippen LogP contribution in [0.1, 0.15) is 32.3 Å². The number of rotatable bonds is 3. The Morgan fingerprint density at radius 3 is 2.88 bits per heavy atom. The van der Waals surface area contributed by atoms with E-state index in [1.165, 1.54) is 18.5 Å². The molecule has 1 aromatic carbocycles. The first-order valence-corrected chi connectivity index (χ1v) is 7.08. The Kier molecular flexibility index (Phi) is 4.10. The summed E-state index contributed by atoms with van der Waals surface area (Å²) in [5, 5.41) is 9.45. The lowest BCUT2D eigenvalue weighted by atomic mass is 10.0. The summed E-state index contributed by atoms with van der Waals surface area (Å²) in [4.78, 5) is 2.46. The Labute approximate surface area is 112 Å². The standard InChI is InChI=1S/C14H20BrNO/c1-10(2)13-4-3-7-16(13)14-8-12(15)6-5-11(14)9-17/h5-6,8,10,13,17H,3-4,7,9H2,1-2H3. The second-order valence-electron chi connectivity index (χ2n) is 5.08. The van der Waals surface area contributed by atoms with E-state index in [1.807, 2.05) is 12.1 Å². The summed E-state index contributed by atoms with van der Waals surface area (Å²) >= 11 is 3.52. The zero-order valence-electron chi connectivity index (χ0n) is 10.5. The van der Waals surface area contributed by atoms with Crippen molar-refractivity contribution >= 4 is 21.6 Å². The molecule has 2 nitrogen and oxygen atoms in total. The van der Waals surface area contributed by atoms with Crippen LogP contribution in [0.15, 0.2) is 22.7 Å². The first-order valence-electron chi connectivity index (χ1n) is 6.29. The highest BCUT2D eigenvalue weighted by Crippen LogP contribution is 2.33. The molecule has 94 valence electrons. The van der Waals surface area contributed by atoms with Gasteiger partial charge in [0, 0.05) is 28.3 Å². The number of anilines is 1. The third-order valence-electron chi connectivity index (χ3n) is 3.60. The van der Waals surface area contributed by atoms with Gasteiger partial charge in [0.1, 0.15) is 0 Å². The first-order chi connectivity index (χ1) is 8.13. The van der Waals surface area contributed by atoms with Gasteiger partial charge in [-0.3, -0.25) is 0 Å². The average Bonchev–Trinajstić information content (AvgIpc) is 2.77.